The van der Waals surface area contributed by atoms with E-state index >= 15 is 0 Å². The number of carbonyl (C=O) groups excluding carboxylic acids is 1. The van der Waals surface area contributed by atoms with Gasteiger partial charge in [0.05, 0.1) is 0 Å². The van der Waals surface area contributed by atoms with Gasteiger partial charge >= 0.3 is 0 Å². The average Bonchev–Trinajstić information content (AvgIpc) is 2.66. The summed E-state index contributed by atoms with van der Waals surface area (Å²) < 4.78 is 0. The predicted molar refractivity (Wildman–Crippen MR) is 114 cm³/mol. The van der Waals surface area contributed by atoms with E-state index in [0.717, 1.165) is 69.2 Å². The van der Waals surface area contributed by atoms with Crippen LogP contribution in [-0.4, -0.2) is 72.0 Å². The number of amides is 1. The smallest absolute Gasteiger partial charge is 0.225 e. The minimum Gasteiger partial charge on any atom is -0.341 e. The fourth-order valence-corrected chi connectivity index (χ4v) is 4.59. The molecule has 0 saturated carbocycles. The van der Waals surface area contributed by atoms with E-state index in [2.05, 4.69) is 38.8 Å². The molecule has 0 aromatic carbocycles. The fraction of sp³-hybridized carbons (Fsp3) is 0.773. The second-order valence-electron chi connectivity index (χ2n) is 8.91. The summed E-state index contributed by atoms with van der Waals surface area (Å²) >= 11 is 0. The summed E-state index contributed by atoms with van der Waals surface area (Å²) in [6.07, 6.45) is 7.50. The molecular formula is C22H37N5O. The van der Waals surface area contributed by atoms with E-state index in [1.165, 1.54) is 12.8 Å². The van der Waals surface area contributed by atoms with Gasteiger partial charge in [0.1, 0.15) is 0 Å². The Bertz CT molecular complexity index is 634. The molecule has 0 N–H and O–H groups in total. The van der Waals surface area contributed by atoms with Crippen molar-refractivity contribution in [2.75, 3.05) is 45.2 Å². The second-order valence-corrected chi connectivity index (χ2v) is 8.91. The highest BCUT2D eigenvalue weighted by molar-refractivity contribution is 5.77. The minimum absolute atomic E-state index is 0.379. The number of hydrogen-bond donors (Lipinski definition) is 0. The lowest BCUT2D eigenvalue weighted by Crippen LogP contribution is -2.46. The molecule has 1 amide bonds. The van der Waals surface area contributed by atoms with Gasteiger partial charge in [0, 0.05) is 43.5 Å². The Balaban J connectivity index is 1.51. The Morgan fingerprint density at radius 1 is 1.07 bits per heavy atom. The molecule has 3 heterocycles. The maximum atomic E-state index is 13.0. The lowest BCUT2D eigenvalue weighted by molar-refractivity contribution is -0.136. The monoisotopic (exact) mass is 387 g/mol. The Hall–Kier alpha value is -1.69. The highest BCUT2D eigenvalue weighted by Crippen LogP contribution is 2.27. The lowest BCUT2D eigenvalue weighted by atomic mass is 9.91. The highest BCUT2D eigenvalue weighted by Gasteiger charge is 2.30. The Kier molecular flexibility index (Phi) is 7.27. The van der Waals surface area contributed by atoms with Crippen molar-refractivity contribution in [1.82, 2.24) is 19.8 Å². The third-order valence-corrected chi connectivity index (χ3v) is 6.19. The molecule has 0 bridgehead atoms. The zero-order valence-electron chi connectivity index (χ0n) is 18.2. The third kappa shape index (κ3) is 5.66. The number of anilines is 1. The van der Waals surface area contributed by atoms with E-state index in [0.29, 0.717) is 24.3 Å². The van der Waals surface area contributed by atoms with Crippen LogP contribution < -0.4 is 4.90 Å². The molecule has 3 rings (SSSR count). The summed E-state index contributed by atoms with van der Waals surface area (Å²) in [5.74, 6) is 1.72. The van der Waals surface area contributed by atoms with E-state index in [1.807, 2.05) is 19.9 Å². The largest absolute Gasteiger partial charge is 0.341 e. The molecule has 156 valence electrons. The summed E-state index contributed by atoms with van der Waals surface area (Å²) in [6, 6.07) is 2.45. The van der Waals surface area contributed by atoms with E-state index in [-0.39, 0.29) is 0 Å². The molecule has 2 aliphatic heterocycles. The van der Waals surface area contributed by atoms with Crippen LogP contribution in [0.15, 0.2) is 6.07 Å². The summed E-state index contributed by atoms with van der Waals surface area (Å²) in [7, 11) is 4.23. The first-order chi connectivity index (χ1) is 13.4. The minimum atomic E-state index is 0.379. The molecule has 28 heavy (non-hydrogen) atoms. The van der Waals surface area contributed by atoms with Gasteiger partial charge in [0.2, 0.25) is 11.9 Å². The van der Waals surface area contributed by atoms with Gasteiger partial charge in [-0.05, 0) is 85.0 Å². The van der Waals surface area contributed by atoms with E-state index in [1.54, 1.807) is 0 Å². The highest BCUT2D eigenvalue weighted by atomic mass is 16.2. The summed E-state index contributed by atoms with van der Waals surface area (Å²) in [5, 5.41) is 0. The van der Waals surface area contributed by atoms with Crippen LogP contribution in [0, 0.1) is 19.8 Å². The molecule has 1 aromatic rings. The van der Waals surface area contributed by atoms with E-state index in [9.17, 15) is 4.79 Å². The average molecular weight is 388 g/mol. The van der Waals surface area contributed by atoms with Crippen LogP contribution in [0.5, 0.6) is 0 Å². The predicted octanol–water partition coefficient (Wildman–Crippen LogP) is 3.03. The zero-order valence-corrected chi connectivity index (χ0v) is 18.2. The van der Waals surface area contributed by atoms with Gasteiger partial charge in [-0.25, -0.2) is 9.97 Å². The van der Waals surface area contributed by atoms with Gasteiger partial charge in [-0.2, -0.15) is 0 Å². The Morgan fingerprint density at radius 3 is 2.39 bits per heavy atom. The van der Waals surface area contributed by atoms with Crippen molar-refractivity contribution >= 4 is 11.9 Å². The van der Waals surface area contributed by atoms with Gasteiger partial charge in [0.25, 0.3) is 0 Å². The van der Waals surface area contributed by atoms with Crippen molar-refractivity contribution in [2.24, 2.45) is 5.92 Å². The Labute approximate surface area is 170 Å². The molecule has 0 radical (unpaired) electrons. The molecule has 2 saturated heterocycles. The molecular weight excluding hydrogens is 350 g/mol. The topological polar surface area (TPSA) is 52.6 Å². The van der Waals surface area contributed by atoms with E-state index in [4.69, 9.17) is 0 Å². The van der Waals surface area contributed by atoms with Gasteiger partial charge in [-0.1, -0.05) is 0 Å². The number of carbonyl (C=O) groups is 1. The standard InChI is InChI=1S/C22H37N5O/c1-17-15-18(2)24-22(23-17)26-13-8-19(9-14-26)16-21(28)27-11-6-5-7-20(27)10-12-25(3)4/h15,19-20H,5-14,16H2,1-4H3. The summed E-state index contributed by atoms with van der Waals surface area (Å²) in [5.41, 5.74) is 2.04. The third-order valence-electron chi connectivity index (χ3n) is 6.19. The first kappa shape index (κ1) is 21.0. The maximum Gasteiger partial charge on any atom is 0.225 e. The Morgan fingerprint density at radius 2 is 1.75 bits per heavy atom. The number of hydrogen-bond acceptors (Lipinski definition) is 5. The fourth-order valence-electron chi connectivity index (χ4n) is 4.59. The van der Waals surface area contributed by atoms with Crippen LogP contribution in [-0.2, 0) is 4.79 Å². The van der Waals surface area contributed by atoms with Crippen LogP contribution in [0.3, 0.4) is 0 Å². The quantitative estimate of drug-likeness (QED) is 0.751. The van der Waals surface area contributed by atoms with Gasteiger partial charge in [0.15, 0.2) is 0 Å². The van der Waals surface area contributed by atoms with Crippen LogP contribution >= 0.6 is 0 Å². The van der Waals surface area contributed by atoms with Crippen LogP contribution in [0.4, 0.5) is 5.95 Å². The molecule has 0 spiro atoms. The molecule has 2 aliphatic rings. The summed E-state index contributed by atoms with van der Waals surface area (Å²) in [4.78, 5) is 28.9. The molecule has 2 fully saturated rings. The van der Waals surface area contributed by atoms with E-state index < -0.39 is 0 Å². The van der Waals surface area contributed by atoms with Crippen molar-refractivity contribution in [3.05, 3.63) is 17.5 Å². The number of nitrogens with zero attached hydrogens (tertiary/aromatic N) is 5. The number of rotatable bonds is 6. The van der Waals surface area contributed by atoms with Gasteiger partial charge in [-0.3, -0.25) is 4.79 Å². The van der Waals surface area contributed by atoms with Crippen molar-refractivity contribution in [1.29, 1.82) is 0 Å². The number of likely N-dealkylation sites (tertiary alicyclic amines) is 1. The molecule has 6 nitrogen and oxygen atoms in total. The maximum absolute atomic E-state index is 13.0. The van der Waals surface area contributed by atoms with Gasteiger partial charge < -0.3 is 14.7 Å². The van der Waals surface area contributed by atoms with Crippen molar-refractivity contribution in [3.8, 4) is 0 Å². The lowest BCUT2D eigenvalue weighted by Gasteiger charge is -2.38. The van der Waals surface area contributed by atoms with Crippen molar-refractivity contribution in [2.45, 2.75) is 64.8 Å². The summed E-state index contributed by atoms with van der Waals surface area (Å²) in [6.45, 7) is 7.95. The molecule has 0 aliphatic carbocycles. The van der Waals surface area contributed by atoms with Crippen LogP contribution in [0.2, 0.25) is 0 Å². The SMILES string of the molecule is Cc1cc(C)nc(N2CCC(CC(=O)N3CCCCC3CCN(C)C)CC2)n1. The molecule has 1 atom stereocenters. The number of aryl methyl sites for hydroxylation is 2. The van der Waals surface area contributed by atoms with Crippen LogP contribution in [0.1, 0.15) is 56.3 Å². The first-order valence-electron chi connectivity index (χ1n) is 10.9. The zero-order chi connectivity index (χ0) is 20.1. The normalized spacial score (nSPS) is 21.4. The second kappa shape index (κ2) is 9.68. The number of piperidine rings is 2. The first-order valence-corrected chi connectivity index (χ1v) is 10.9. The van der Waals surface area contributed by atoms with Crippen molar-refractivity contribution < 1.29 is 4.79 Å². The molecule has 1 aromatic heterocycles. The number of aromatic nitrogens is 2. The van der Waals surface area contributed by atoms with Crippen molar-refractivity contribution in [3.63, 3.8) is 0 Å². The van der Waals surface area contributed by atoms with Gasteiger partial charge in [-0.15, -0.1) is 0 Å². The molecule has 1 unspecified atom stereocenters. The molecule has 6 heteroatoms. The van der Waals surface area contributed by atoms with Crippen LogP contribution in [0.25, 0.3) is 0 Å².